The highest BCUT2D eigenvalue weighted by Crippen LogP contribution is 2.27. The molecule has 0 spiro atoms. The van der Waals surface area contributed by atoms with Gasteiger partial charge in [0, 0.05) is 13.1 Å². The van der Waals surface area contributed by atoms with Crippen LogP contribution in [0, 0.1) is 5.92 Å². The molecule has 1 aromatic carbocycles. The van der Waals surface area contributed by atoms with Crippen molar-refractivity contribution in [3.63, 3.8) is 0 Å². The van der Waals surface area contributed by atoms with E-state index in [1.54, 1.807) is 24.3 Å². The number of rotatable bonds is 8. The van der Waals surface area contributed by atoms with Crippen molar-refractivity contribution in [2.75, 3.05) is 26.2 Å². The summed E-state index contributed by atoms with van der Waals surface area (Å²) < 4.78 is 0. The van der Waals surface area contributed by atoms with Gasteiger partial charge >= 0.3 is 0 Å². The van der Waals surface area contributed by atoms with Gasteiger partial charge in [0.15, 0.2) is 0 Å². The monoisotopic (exact) mass is 345 g/mol. The Balaban J connectivity index is 0.00000242. The van der Waals surface area contributed by atoms with E-state index >= 15 is 0 Å². The molecule has 0 atom stereocenters. The van der Waals surface area contributed by atoms with E-state index in [4.69, 9.17) is 11.6 Å². The first-order valence-electron chi connectivity index (χ1n) is 7.17. The molecule has 22 heavy (non-hydrogen) atoms. The Morgan fingerprint density at radius 1 is 1.14 bits per heavy atom. The Labute approximate surface area is 141 Å². The molecule has 5 nitrogen and oxygen atoms in total. The van der Waals surface area contributed by atoms with E-state index in [9.17, 15) is 9.59 Å². The van der Waals surface area contributed by atoms with Gasteiger partial charge in [-0.2, -0.15) is 0 Å². The number of amides is 2. The molecule has 0 bridgehead atoms. The van der Waals surface area contributed by atoms with Crippen LogP contribution in [-0.4, -0.2) is 38.0 Å². The second-order valence-corrected chi connectivity index (χ2v) is 5.57. The van der Waals surface area contributed by atoms with Crippen molar-refractivity contribution in [2.45, 2.75) is 12.8 Å². The smallest absolute Gasteiger partial charge is 0.252 e. The molecule has 122 valence electrons. The molecule has 0 saturated heterocycles. The number of benzene rings is 1. The second-order valence-electron chi connectivity index (χ2n) is 5.16. The molecule has 1 aliphatic rings. The van der Waals surface area contributed by atoms with E-state index in [1.807, 2.05) is 0 Å². The van der Waals surface area contributed by atoms with Crippen molar-refractivity contribution in [1.29, 1.82) is 0 Å². The molecule has 1 fully saturated rings. The average molecular weight is 346 g/mol. The predicted molar refractivity (Wildman–Crippen MR) is 89.6 cm³/mol. The summed E-state index contributed by atoms with van der Waals surface area (Å²) in [4.78, 5) is 23.3. The van der Waals surface area contributed by atoms with Crippen LogP contribution in [0.3, 0.4) is 0 Å². The van der Waals surface area contributed by atoms with Crippen molar-refractivity contribution >= 4 is 35.8 Å². The van der Waals surface area contributed by atoms with Gasteiger partial charge in [-0.25, -0.2) is 0 Å². The zero-order valence-electron chi connectivity index (χ0n) is 12.2. The van der Waals surface area contributed by atoms with Crippen LogP contribution in [-0.2, 0) is 4.79 Å². The van der Waals surface area contributed by atoms with Gasteiger partial charge in [-0.3, -0.25) is 9.59 Å². The Morgan fingerprint density at radius 2 is 1.82 bits per heavy atom. The largest absolute Gasteiger partial charge is 0.353 e. The molecule has 1 aliphatic carbocycles. The van der Waals surface area contributed by atoms with Gasteiger partial charge < -0.3 is 16.0 Å². The van der Waals surface area contributed by atoms with Crippen molar-refractivity contribution in [2.24, 2.45) is 5.92 Å². The first-order valence-corrected chi connectivity index (χ1v) is 7.55. The van der Waals surface area contributed by atoms with Crippen LogP contribution in [0.25, 0.3) is 0 Å². The summed E-state index contributed by atoms with van der Waals surface area (Å²) in [6, 6.07) is 6.86. The maximum atomic E-state index is 11.8. The molecule has 3 N–H and O–H groups in total. The quantitative estimate of drug-likeness (QED) is 0.627. The minimum atomic E-state index is -0.235. The van der Waals surface area contributed by atoms with Crippen LogP contribution < -0.4 is 16.0 Å². The van der Waals surface area contributed by atoms with Crippen molar-refractivity contribution < 1.29 is 9.59 Å². The fraction of sp³-hybridized carbons (Fsp3) is 0.467. The van der Waals surface area contributed by atoms with Crippen LogP contribution >= 0.6 is 24.0 Å². The van der Waals surface area contributed by atoms with Crippen LogP contribution in [0.4, 0.5) is 0 Å². The van der Waals surface area contributed by atoms with Gasteiger partial charge in [0.25, 0.3) is 5.91 Å². The van der Waals surface area contributed by atoms with E-state index in [0.29, 0.717) is 30.2 Å². The molecule has 1 saturated carbocycles. The first-order chi connectivity index (χ1) is 10.2. The van der Waals surface area contributed by atoms with E-state index < -0.39 is 0 Å². The summed E-state index contributed by atoms with van der Waals surface area (Å²) in [5.74, 6) is 0.469. The van der Waals surface area contributed by atoms with Crippen LogP contribution in [0.1, 0.15) is 23.2 Å². The normalized spacial score (nSPS) is 13.1. The van der Waals surface area contributed by atoms with Gasteiger partial charge in [-0.05, 0) is 37.4 Å². The fourth-order valence-electron chi connectivity index (χ4n) is 1.89. The Bertz CT molecular complexity index is 507. The van der Waals surface area contributed by atoms with Crippen LogP contribution in [0.2, 0.25) is 5.02 Å². The Kier molecular flexibility index (Phi) is 8.24. The molecular weight excluding hydrogens is 325 g/mol. The summed E-state index contributed by atoms with van der Waals surface area (Å²) >= 11 is 5.93. The molecule has 0 unspecified atom stereocenters. The minimum absolute atomic E-state index is 0. The molecule has 1 aromatic rings. The second kappa shape index (κ2) is 9.66. The molecule has 2 rings (SSSR count). The highest BCUT2D eigenvalue weighted by atomic mass is 35.5. The summed E-state index contributed by atoms with van der Waals surface area (Å²) in [7, 11) is 0. The lowest BCUT2D eigenvalue weighted by atomic mass is 10.2. The molecule has 0 heterocycles. The number of carbonyl (C=O) groups excluding carboxylic acids is 2. The third-order valence-electron chi connectivity index (χ3n) is 3.27. The number of hydrogen-bond donors (Lipinski definition) is 3. The topological polar surface area (TPSA) is 70.2 Å². The van der Waals surface area contributed by atoms with Crippen LogP contribution in [0.5, 0.6) is 0 Å². The Hall–Kier alpha value is -1.30. The van der Waals surface area contributed by atoms with Crippen molar-refractivity contribution in [3.8, 4) is 0 Å². The van der Waals surface area contributed by atoms with Gasteiger partial charge in [0.05, 0.1) is 17.1 Å². The number of nitrogens with one attached hydrogen (secondary N) is 3. The molecule has 7 heteroatoms. The first kappa shape index (κ1) is 18.7. The number of carbonyl (C=O) groups is 2. The van der Waals surface area contributed by atoms with Crippen molar-refractivity contribution in [1.82, 2.24) is 16.0 Å². The number of halogens is 2. The molecule has 0 aliphatic heterocycles. The van der Waals surface area contributed by atoms with Crippen LogP contribution in [0.15, 0.2) is 24.3 Å². The Morgan fingerprint density at radius 3 is 2.50 bits per heavy atom. The highest BCUT2D eigenvalue weighted by Gasteiger charge is 2.20. The zero-order valence-corrected chi connectivity index (χ0v) is 13.8. The summed E-state index contributed by atoms with van der Waals surface area (Å²) in [6.45, 7) is 2.02. The van der Waals surface area contributed by atoms with E-state index in [1.165, 1.54) is 12.8 Å². The van der Waals surface area contributed by atoms with Gasteiger partial charge in [-0.15, -0.1) is 12.4 Å². The van der Waals surface area contributed by atoms with E-state index in [0.717, 1.165) is 12.5 Å². The highest BCUT2D eigenvalue weighted by molar-refractivity contribution is 6.33. The predicted octanol–water partition coefficient (Wildman–Crippen LogP) is 1.61. The molecule has 2 amide bonds. The lowest BCUT2D eigenvalue weighted by Crippen LogP contribution is -2.39. The third-order valence-corrected chi connectivity index (χ3v) is 3.60. The van der Waals surface area contributed by atoms with E-state index in [2.05, 4.69) is 16.0 Å². The maximum absolute atomic E-state index is 11.8. The fourth-order valence-corrected chi connectivity index (χ4v) is 2.11. The maximum Gasteiger partial charge on any atom is 0.252 e. The lowest BCUT2D eigenvalue weighted by Gasteiger charge is -2.08. The molecule has 0 radical (unpaired) electrons. The molecular formula is C15H21Cl2N3O2. The van der Waals surface area contributed by atoms with Gasteiger partial charge in [-0.1, -0.05) is 23.7 Å². The van der Waals surface area contributed by atoms with E-state index in [-0.39, 0.29) is 24.2 Å². The lowest BCUT2D eigenvalue weighted by molar-refractivity contribution is -0.120. The number of hydrogen-bond acceptors (Lipinski definition) is 3. The zero-order chi connectivity index (χ0) is 15.1. The third kappa shape index (κ3) is 6.64. The van der Waals surface area contributed by atoms with Gasteiger partial charge in [0.2, 0.25) is 5.91 Å². The average Bonchev–Trinajstić information content (AvgIpc) is 3.28. The van der Waals surface area contributed by atoms with Crippen molar-refractivity contribution in [3.05, 3.63) is 34.9 Å². The standard InChI is InChI=1S/C15H20ClN3O2.ClH/c16-13-4-2-1-3-12(13)15(21)19-8-7-18-14(20)10-17-9-11-5-6-11;/h1-4,11,17H,5-10H2,(H,18,20)(H,19,21);1H. The summed E-state index contributed by atoms with van der Waals surface area (Å²) in [5.41, 5.74) is 0.441. The SMILES string of the molecule is Cl.O=C(CNCC1CC1)NCCNC(=O)c1ccccc1Cl. The van der Waals surface area contributed by atoms with Gasteiger partial charge in [0.1, 0.15) is 0 Å². The molecule has 0 aromatic heterocycles. The minimum Gasteiger partial charge on any atom is -0.353 e. The summed E-state index contributed by atoms with van der Waals surface area (Å²) in [6.07, 6.45) is 2.53. The summed E-state index contributed by atoms with van der Waals surface area (Å²) in [5, 5.41) is 9.00.